The van der Waals surface area contributed by atoms with Crippen molar-refractivity contribution in [2.24, 2.45) is 0 Å². The van der Waals surface area contributed by atoms with Crippen LogP contribution in [0.5, 0.6) is 5.75 Å². The van der Waals surface area contributed by atoms with Crippen LogP contribution >= 0.6 is 11.6 Å². The monoisotopic (exact) mass is 414 g/mol. The number of benzene rings is 2. The molecule has 1 saturated heterocycles. The van der Waals surface area contributed by atoms with Crippen LogP contribution in [-0.2, 0) is 27.5 Å². The van der Waals surface area contributed by atoms with Crippen LogP contribution in [0.15, 0.2) is 30.3 Å². The maximum absolute atomic E-state index is 12.6. The number of esters is 1. The molecule has 2 aromatic rings. The van der Waals surface area contributed by atoms with Crippen molar-refractivity contribution in [3.05, 3.63) is 52.0 Å². The molecule has 1 fully saturated rings. The first-order valence-corrected chi connectivity index (χ1v) is 9.88. The molecule has 0 radical (unpaired) electrons. The average Bonchev–Trinajstić information content (AvgIpc) is 3.22. The predicted molar refractivity (Wildman–Crippen MR) is 106 cm³/mol. The van der Waals surface area contributed by atoms with E-state index in [-0.39, 0.29) is 25.3 Å². The fourth-order valence-electron chi connectivity index (χ4n) is 4.15. The summed E-state index contributed by atoms with van der Waals surface area (Å²) in [4.78, 5) is 27.0. The van der Waals surface area contributed by atoms with Gasteiger partial charge in [0.1, 0.15) is 18.4 Å². The Morgan fingerprint density at radius 3 is 3.10 bits per heavy atom. The number of hydrogen-bond donors (Lipinski definition) is 1. The lowest BCUT2D eigenvalue weighted by Crippen LogP contribution is -2.43. The molecule has 3 aliphatic heterocycles. The van der Waals surface area contributed by atoms with Crippen molar-refractivity contribution in [2.75, 3.05) is 23.6 Å². The third kappa shape index (κ3) is 3.30. The number of carbonyl (C=O) groups excluding carboxylic acids is 2. The van der Waals surface area contributed by atoms with Crippen molar-refractivity contribution in [2.45, 2.75) is 32.1 Å². The second-order valence-electron chi connectivity index (χ2n) is 7.31. The van der Waals surface area contributed by atoms with Gasteiger partial charge in [0.25, 0.3) is 0 Å². The van der Waals surface area contributed by atoms with Crippen LogP contribution in [0.4, 0.5) is 11.4 Å². The summed E-state index contributed by atoms with van der Waals surface area (Å²) in [5, 5.41) is 3.44. The number of carbonyl (C=O) groups is 2. The standard InChI is InChI=1S/C21H19ClN2O5/c22-15-6-13-9-27-11-29-19(13)14(7-15)10-28-21(26)12-3-4-17-16(8-12)23-20(25)18-2-1-5-24(17)18/h3-4,6-8,18H,1-2,5,9-11H2,(H,23,25)/t18-/m0/s1. The van der Waals surface area contributed by atoms with E-state index in [2.05, 4.69) is 10.2 Å². The van der Waals surface area contributed by atoms with E-state index < -0.39 is 5.97 Å². The normalized spacial score (nSPS) is 19.6. The molecule has 2 aromatic carbocycles. The lowest BCUT2D eigenvalue weighted by molar-refractivity contribution is -0.117. The van der Waals surface area contributed by atoms with Gasteiger partial charge in [-0.05, 0) is 43.2 Å². The number of nitrogens with zero attached hydrogens (tertiary/aromatic N) is 1. The van der Waals surface area contributed by atoms with Gasteiger partial charge in [0.2, 0.25) is 5.91 Å². The van der Waals surface area contributed by atoms with Gasteiger partial charge in [0.05, 0.1) is 23.5 Å². The largest absolute Gasteiger partial charge is 0.467 e. The Kier molecular flexibility index (Phi) is 4.56. The van der Waals surface area contributed by atoms with Crippen molar-refractivity contribution >= 4 is 34.9 Å². The topological polar surface area (TPSA) is 77.1 Å². The molecular weight excluding hydrogens is 396 g/mol. The summed E-state index contributed by atoms with van der Waals surface area (Å²) in [6.07, 6.45) is 1.84. The van der Waals surface area contributed by atoms with E-state index in [1.165, 1.54) is 0 Å². The molecule has 0 saturated carbocycles. The van der Waals surface area contributed by atoms with E-state index in [9.17, 15) is 9.59 Å². The number of fused-ring (bicyclic) bond motifs is 4. The molecule has 5 rings (SSSR count). The number of hydrogen-bond acceptors (Lipinski definition) is 6. The zero-order valence-corrected chi connectivity index (χ0v) is 16.3. The van der Waals surface area contributed by atoms with Crippen molar-refractivity contribution in [3.8, 4) is 5.75 Å². The first-order chi connectivity index (χ1) is 14.1. The van der Waals surface area contributed by atoms with Gasteiger partial charge in [0, 0.05) is 22.7 Å². The molecule has 0 unspecified atom stereocenters. The third-order valence-electron chi connectivity index (χ3n) is 5.47. The van der Waals surface area contributed by atoms with E-state index in [4.69, 9.17) is 25.8 Å². The Labute approximate surface area is 172 Å². The number of amides is 1. The SMILES string of the molecule is O=C(OCc1cc(Cl)cc2c1OCOC2)c1ccc2c(c1)NC(=O)[C@@H]1CCCN21. The van der Waals surface area contributed by atoms with E-state index >= 15 is 0 Å². The maximum atomic E-state index is 12.6. The molecule has 0 bridgehead atoms. The molecule has 1 amide bonds. The molecule has 3 aliphatic rings. The fourth-order valence-corrected chi connectivity index (χ4v) is 4.41. The number of ether oxygens (including phenoxy) is 3. The van der Waals surface area contributed by atoms with Crippen LogP contribution in [0.2, 0.25) is 5.02 Å². The number of rotatable bonds is 3. The minimum atomic E-state index is -0.480. The van der Waals surface area contributed by atoms with Gasteiger partial charge in [-0.25, -0.2) is 4.79 Å². The molecule has 8 heteroatoms. The lowest BCUT2D eigenvalue weighted by atomic mass is 10.1. The molecule has 7 nitrogen and oxygen atoms in total. The highest BCUT2D eigenvalue weighted by atomic mass is 35.5. The van der Waals surface area contributed by atoms with Crippen LogP contribution in [0.25, 0.3) is 0 Å². The third-order valence-corrected chi connectivity index (χ3v) is 5.68. The van der Waals surface area contributed by atoms with Crippen molar-refractivity contribution < 1.29 is 23.8 Å². The van der Waals surface area contributed by atoms with Crippen LogP contribution in [0.3, 0.4) is 0 Å². The summed E-state index contributed by atoms with van der Waals surface area (Å²) in [5.74, 6) is 0.142. The van der Waals surface area contributed by atoms with Gasteiger partial charge in [-0.2, -0.15) is 0 Å². The molecule has 0 spiro atoms. The van der Waals surface area contributed by atoms with Crippen LogP contribution in [0, 0.1) is 0 Å². The first kappa shape index (κ1) is 18.3. The van der Waals surface area contributed by atoms with Gasteiger partial charge < -0.3 is 24.4 Å². The minimum absolute atomic E-state index is 0.0227. The molecule has 0 aromatic heterocycles. The smallest absolute Gasteiger partial charge is 0.338 e. The van der Waals surface area contributed by atoms with Gasteiger partial charge in [0.15, 0.2) is 6.79 Å². The second-order valence-corrected chi connectivity index (χ2v) is 7.75. The van der Waals surface area contributed by atoms with Gasteiger partial charge in [-0.15, -0.1) is 0 Å². The Bertz CT molecular complexity index is 1010. The molecule has 150 valence electrons. The summed E-state index contributed by atoms with van der Waals surface area (Å²) >= 11 is 6.16. The molecule has 3 heterocycles. The van der Waals surface area contributed by atoms with Crippen LogP contribution < -0.4 is 15.0 Å². The van der Waals surface area contributed by atoms with E-state index in [0.717, 1.165) is 30.6 Å². The molecule has 1 atom stereocenters. The highest BCUT2D eigenvalue weighted by Crippen LogP contribution is 2.37. The highest BCUT2D eigenvalue weighted by Gasteiger charge is 2.36. The van der Waals surface area contributed by atoms with Gasteiger partial charge in [-0.3, -0.25) is 4.79 Å². The minimum Gasteiger partial charge on any atom is -0.467 e. The summed E-state index contributed by atoms with van der Waals surface area (Å²) < 4.78 is 16.3. The number of nitrogens with one attached hydrogen (secondary N) is 1. The van der Waals surface area contributed by atoms with Crippen molar-refractivity contribution in [1.29, 1.82) is 0 Å². The summed E-state index contributed by atoms with van der Waals surface area (Å²) in [5.41, 5.74) is 3.48. The zero-order valence-electron chi connectivity index (χ0n) is 15.6. The Balaban J connectivity index is 1.34. The lowest BCUT2D eigenvalue weighted by Gasteiger charge is -2.33. The van der Waals surface area contributed by atoms with Crippen LogP contribution in [0.1, 0.15) is 34.3 Å². The maximum Gasteiger partial charge on any atom is 0.338 e. The second kappa shape index (κ2) is 7.24. The number of anilines is 2. The Morgan fingerprint density at radius 1 is 1.31 bits per heavy atom. The fraction of sp³-hybridized carbons (Fsp3) is 0.333. The molecule has 0 aliphatic carbocycles. The Morgan fingerprint density at radius 2 is 2.21 bits per heavy atom. The average molecular weight is 415 g/mol. The molecule has 1 N–H and O–H groups in total. The first-order valence-electron chi connectivity index (χ1n) is 9.50. The summed E-state index contributed by atoms with van der Waals surface area (Å²) in [6.45, 7) is 1.42. The van der Waals surface area contributed by atoms with Crippen molar-refractivity contribution in [1.82, 2.24) is 0 Å². The molecular formula is C21H19ClN2O5. The summed E-state index contributed by atoms with van der Waals surface area (Å²) in [6, 6.07) is 8.65. The van der Waals surface area contributed by atoms with E-state index in [0.29, 0.717) is 34.2 Å². The van der Waals surface area contributed by atoms with Gasteiger partial charge >= 0.3 is 5.97 Å². The quantitative estimate of drug-likeness (QED) is 0.775. The Hall–Kier alpha value is -2.77. The van der Waals surface area contributed by atoms with Gasteiger partial charge in [-0.1, -0.05) is 11.6 Å². The summed E-state index contributed by atoms with van der Waals surface area (Å²) in [7, 11) is 0. The van der Waals surface area contributed by atoms with E-state index in [1.807, 2.05) is 6.07 Å². The highest BCUT2D eigenvalue weighted by molar-refractivity contribution is 6.30. The molecule has 29 heavy (non-hydrogen) atoms. The van der Waals surface area contributed by atoms with Crippen molar-refractivity contribution in [3.63, 3.8) is 0 Å². The predicted octanol–water partition coefficient (Wildman–Crippen LogP) is 3.48. The zero-order chi connectivity index (χ0) is 20.0. The number of halogens is 1. The van der Waals surface area contributed by atoms with Crippen LogP contribution in [-0.4, -0.2) is 31.3 Å². The van der Waals surface area contributed by atoms with E-state index in [1.54, 1.807) is 24.3 Å².